The highest BCUT2D eigenvalue weighted by atomic mass is 16.3. The first-order valence-corrected chi connectivity index (χ1v) is 13.6. The molecule has 0 spiro atoms. The number of rotatable bonds is 5. The van der Waals surface area contributed by atoms with Gasteiger partial charge in [-0.25, -0.2) is 4.98 Å². The molecule has 38 heavy (non-hydrogen) atoms. The van der Waals surface area contributed by atoms with Crippen molar-refractivity contribution < 1.29 is 14.7 Å². The number of aliphatic hydroxyl groups excluding tert-OH is 1. The number of carbonyl (C=O) groups excluding carboxylic acids is 2. The van der Waals surface area contributed by atoms with E-state index in [-0.39, 0.29) is 30.4 Å². The van der Waals surface area contributed by atoms with E-state index in [1.165, 1.54) is 11.1 Å². The largest absolute Gasteiger partial charge is 0.390 e. The molecule has 0 aliphatic carbocycles. The van der Waals surface area contributed by atoms with Crippen molar-refractivity contribution in [2.45, 2.75) is 57.3 Å². The van der Waals surface area contributed by atoms with Gasteiger partial charge in [-0.2, -0.15) is 4.98 Å². The van der Waals surface area contributed by atoms with Gasteiger partial charge in [0.1, 0.15) is 11.5 Å². The van der Waals surface area contributed by atoms with Gasteiger partial charge in [-0.1, -0.05) is 24.3 Å². The molecule has 3 aliphatic heterocycles. The molecule has 2 fully saturated rings. The number of β-amino-alcohol motifs (C(OH)–C–C–N with tert-alkyl or cyclic N) is 1. The number of piperidine rings is 2. The highest BCUT2D eigenvalue weighted by Crippen LogP contribution is 2.26. The van der Waals surface area contributed by atoms with Gasteiger partial charge in [0.05, 0.1) is 6.10 Å². The van der Waals surface area contributed by atoms with Crippen LogP contribution >= 0.6 is 0 Å². The summed E-state index contributed by atoms with van der Waals surface area (Å²) < 4.78 is 0. The summed E-state index contributed by atoms with van der Waals surface area (Å²) >= 11 is 0. The summed E-state index contributed by atoms with van der Waals surface area (Å²) in [4.78, 5) is 42.1. The number of nitrogens with one attached hydrogen (secondary N) is 1. The van der Waals surface area contributed by atoms with E-state index in [4.69, 9.17) is 0 Å². The number of hydrogen-bond acceptors (Lipinski definition) is 8. The summed E-state index contributed by atoms with van der Waals surface area (Å²) in [6, 6.07) is 10.4. The highest BCUT2D eigenvalue weighted by Gasteiger charge is 2.36. The molecule has 2 saturated heterocycles. The van der Waals surface area contributed by atoms with Crippen LogP contribution in [0.25, 0.3) is 0 Å². The molecule has 5 rings (SSSR count). The fraction of sp³-hybridized carbons (Fsp3) is 0.571. The van der Waals surface area contributed by atoms with Crippen LogP contribution in [-0.2, 0) is 17.8 Å². The minimum absolute atomic E-state index is 0.0354. The number of aromatic nitrogens is 2. The Kier molecular flexibility index (Phi) is 7.80. The van der Waals surface area contributed by atoms with Crippen LogP contribution in [0.5, 0.6) is 0 Å². The third-order valence-electron chi connectivity index (χ3n) is 8.09. The number of aliphatic hydroxyl groups is 1. The lowest BCUT2D eigenvalue weighted by Crippen LogP contribution is -2.56. The minimum atomic E-state index is -0.614. The maximum Gasteiger partial charge on any atom is 0.272 e. The molecule has 2 amide bonds. The predicted octanol–water partition coefficient (Wildman–Crippen LogP) is 1.60. The Hall–Kier alpha value is -3.24. The molecular formula is C28H39N7O3. The van der Waals surface area contributed by atoms with Crippen LogP contribution in [0.3, 0.4) is 0 Å². The van der Waals surface area contributed by atoms with Gasteiger partial charge in [0.15, 0.2) is 0 Å². The molecule has 204 valence electrons. The van der Waals surface area contributed by atoms with Gasteiger partial charge in [0, 0.05) is 78.4 Å². The first-order valence-electron chi connectivity index (χ1n) is 13.6. The number of amides is 2. The van der Waals surface area contributed by atoms with E-state index in [0.717, 1.165) is 38.8 Å². The summed E-state index contributed by atoms with van der Waals surface area (Å²) in [6.45, 7) is 5.64. The van der Waals surface area contributed by atoms with Gasteiger partial charge in [0.2, 0.25) is 11.9 Å². The van der Waals surface area contributed by atoms with E-state index < -0.39 is 6.10 Å². The molecule has 0 saturated carbocycles. The Balaban J connectivity index is 1.24. The van der Waals surface area contributed by atoms with Gasteiger partial charge in [-0.05, 0) is 36.8 Å². The highest BCUT2D eigenvalue weighted by molar-refractivity contribution is 5.93. The molecule has 2 N–H and O–H groups in total. The Morgan fingerprint density at radius 1 is 1.00 bits per heavy atom. The molecule has 3 aliphatic rings. The lowest BCUT2D eigenvalue weighted by molar-refractivity contribution is -0.129. The number of fused-ring (bicyclic) bond motifs is 1. The van der Waals surface area contributed by atoms with Gasteiger partial charge in [0.25, 0.3) is 5.91 Å². The van der Waals surface area contributed by atoms with Crippen LogP contribution in [0.2, 0.25) is 0 Å². The fourth-order valence-electron chi connectivity index (χ4n) is 5.86. The molecule has 0 bridgehead atoms. The molecule has 10 heteroatoms. The second kappa shape index (κ2) is 11.2. The molecule has 2 atom stereocenters. The lowest BCUT2D eigenvalue weighted by Gasteiger charge is -2.43. The lowest BCUT2D eigenvalue weighted by atomic mass is 9.94. The standard InChI is InChI=1S/C28H39N7O3/c1-19(36)33-13-9-22(10-14-33)29-26-16-23(30-28(31-26)32(2)3)27(38)35-15-11-24(25(37)18-35)34-12-8-20-6-4-5-7-21(20)17-34/h4-7,16,22,24-25,37H,8-15,17-18H2,1-3H3,(H,29,30,31)/t24?,25-/m0/s1. The summed E-state index contributed by atoms with van der Waals surface area (Å²) in [5, 5.41) is 14.6. The molecule has 10 nitrogen and oxygen atoms in total. The summed E-state index contributed by atoms with van der Waals surface area (Å²) in [5.41, 5.74) is 3.04. The molecule has 1 aromatic heterocycles. The Labute approximate surface area is 224 Å². The number of nitrogens with zero attached hydrogens (tertiary/aromatic N) is 6. The summed E-state index contributed by atoms with van der Waals surface area (Å²) in [7, 11) is 3.70. The number of hydrogen-bond donors (Lipinski definition) is 2. The first-order chi connectivity index (χ1) is 18.3. The quantitative estimate of drug-likeness (QED) is 0.612. The summed E-state index contributed by atoms with van der Waals surface area (Å²) in [5.74, 6) is 0.980. The van der Waals surface area contributed by atoms with Crippen LogP contribution in [0.1, 0.15) is 47.8 Å². The third kappa shape index (κ3) is 5.76. The Morgan fingerprint density at radius 2 is 1.71 bits per heavy atom. The van der Waals surface area contributed by atoms with Crippen molar-refractivity contribution >= 4 is 23.6 Å². The molecule has 1 aromatic carbocycles. The first kappa shape index (κ1) is 26.4. The van der Waals surface area contributed by atoms with Gasteiger partial charge in [-0.15, -0.1) is 0 Å². The van der Waals surface area contributed by atoms with Crippen LogP contribution in [-0.4, -0.2) is 107 Å². The van der Waals surface area contributed by atoms with Crippen molar-refractivity contribution in [2.75, 3.05) is 57.0 Å². The Morgan fingerprint density at radius 3 is 2.39 bits per heavy atom. The fourth-order valence-corrected chi connectivity index (χ4v) is 5.86. The van der Waals surface area contributed by atoms with E-state index in [0.29, 0.717) is 37.1 Å². The van der Waals surface area contributed by atoms with Crippen LogP contribution < -0.4 is 10.2 Å². The average molecular weight is 522 g/mol. The second-order valence-corrected chi connectivity index (χ2v) is 10.9. The van der Waals surface area contributed by atoms with Gasteiger partial charge >= 0.3 is 0 Å². The zero-order valence-electron chi connectivity index (χ0n) is 22.6. The van der Waals surface area contributed by atoms with Crippen molar-refractivity contribution in [1.82, 2.24) is 24.7 Å². The van der Waals surface area contributed by atoms with Crippen molar-refractivity contribution in [3.8, 4) is 0 Å². The number of carbonyl (C=O) groups is 2. The van der Waals surface area contributed by atoms with Gasteiger partial charge < -0.3 is 25.1 Å². The van der Waals surface area contributed by atoms with Crippen LogP contribution in [0, 0.1) is 0 Å². The zero-order chi connectivity index (χ0) is 26.8. The molecular weight excluding hydrogens is 482 g/mol. The predicted molar refractivity (Wildman–Crippen MR) is 146 cm³/mol. The third-order valence-corrected chi connectivity index (χ3v) is 8.09. The number of anilines is 2. The molecule has 4 heterocycles. The van der Waals surface area contributed by atoms with Crippen molar-refractivity contribution in [2.24, 2.45) is 0 Å². The van der Waals surface area contributed by atoms with E-state index >= 15 is 0 Å². The van der Waals surface area contributed by atoms with Crippen LogP contribution in [0.15, 0.2) is 30.3 Å². The van der Waals surface area contributed by atoms with Crippen molar-refractivity contribution in [1.29, 1.82) is 0 Å². The molecule has 0 radical (unpaired) electrons. The molecule has 1 unspecified atom stereocenters. The maximum atomic E-state index is 13.5. The summed E-state index contributed by atoms with van der Waals surface area (Å²) in [6.07, 6.45) is 2.74. The maximum absolute atomic E-state index is 13.5. The van der Waals surface area contributed by atoms with Crippen molar-refractivity contribution in [3.63, 3.8) is 0 Å². The Bertz CT molecular complexity index is 1160. The van der Waals surface area contributed by atoms with Crippen LogP contribution in [0.4, 0.5) is 11.8 Å². The van der Waals surface area contributed by atoms with E-state index in [1.54, 1.807) is 22.8 Å². The zero-order valence-corrected chi connectivity index (χ0v) is 22.6. The monoisotopic (exact) mass is 521 g/mol. The smallest absolute Gasteiger partial charge is 0.272 e. The van der Waals surface area contributed by atoms with E-state index in [2.05, 4.69) is 44.5 Å². The molecule has 2 aromatic rings. The van der Waals surface area contributed by atoms with E-state index in [9.17, 15) is 14.7 Å². The van der Waals surface area contributed by atoms with Crippen molar-refractivity contribution in [3.05, 3.63) is 47.2 Å². The second-order valence-electron chi connectivity index (χ2n) is 10.9. The number of benzene rings is 1. The SMILES string of the molecule is CC(=O)N1CCC(Nc2cc(C(=O)N3CCC(N4CCc5ccccc5C4)[C@@H](O)C3)nc(N(C)C)n2)CC1. The topological polar surface area (TPSA) is 105 Å². The average Bonchev–Trinajstić information content (AvgIpc) is 2.92. The normalized spacial score (nSPS) is 22.6. The number of likely N-dealkylation sites (tertiary alicyclic amines) is 2. The van der Waals surface area contributed by atoms with E-state index in [1.807, 2.05) is 19.0 Å². The minimum Gasteiger partial charge on any atom is -0.390 e. The van der Waals surface area contributed by atoms with Gasteiger partial charge in [-0.3, -0.25) is 14.5 Å².